The Labute approximate surface area is 149 Å². The molecule has 25 heavy (non-hydrogen) atoms. The van der Waals surface area contributed by atoms with Crippen molar-refractivity contribution in [2.24, 2.45) is 10.7 Å². The summed E-state index contributed by atoms with van der Waals surface area (Å²) in [5.74, 6) is 0.0814. The molecule has 0 spiro atoms. The maximum absolute atomic E-state index is 12.0. The number of nitrogens with one attached hydrogen (secondary N) is 2. The third kappa shape index (κ3) is 6.94. The van der Waals surface area contributed by atoms with Crippen molar-refractivity contribution >= 4 is 21.7 Å². The standard InChI is InChI=1S/C18H24N4O2S/c1-14-10-15(2)12-17(11-14)22-18(19)20-8-9-25(23,24)21-13-16-6-4-3-5-7-16/h3-7,10-12,21H,8-9,13H2,1-2H3,(H3,19,20,22). The molecule has 0 aliphatic rings. The molecule has 7 heteroatoms. The first-order chi connectivity index (χ1) is 11.8. The van der Waals surface area contributed by atoms with Gasteiger partial charge in [-0.3, -0.25) is 4.99 Å². The number of rotatable bonds is 7. The zero-order valence-electron chi connectivity index (χ0n) is 14.5. The minimum Gasteiger partial charge on any atom is -0.370 e. The van der Waals surface area contributed by atoms with Crippen LogP contribution in [0.1, 0.15) is 16.7 Å². The van der Waals surface area contributed by atoms with Crippen molar-refractivity contribution in [2.45, 2.75) is 20.4 Å². The molecule has 0 amide bonds. The molecular formula is C18H24N4O2S. The summed E-state index contributed by atoms with van der Waals surface area (Å²) in [7, 11) is -3.40. The molecular weight excluding hydrogens is 336 g/mol. The van der Waals surface area contributed by atoms with E-state index in [2.05, 4.69) is 21.1 Å². The summed E-state index contributed by atoms with van der Waals surface area (Å²) in [6, 6.07) is 15.3. The lowest BCUT2D eigenvalue weighted by molar-refractivity contribution is 0.581. The van der Waals surface area contributed by atoms with Crippen LogP contribution in [0, 0.1) is 13.8 Å². The van der Waals surface area contributed by atoms with Gasteiger partial charge in [-0.25, -0.2) is 13.1 Å². The van der Waals surface area contributed by atoms with E-state index in [4.69, 9.17) is 5.73 Å². The summed E-state index contributed by atoms with van der Waals surface area (Å²) >= 11 is 0. The Morgan fingerprint density at radius 1 is 1.08 bits per heavy atom. The molecule has 0 atom stereocenters. The first-order valence-corrected chi connectivity index (χ1v) is 9.66. The highest BCUT2D eigenvalue weighted by atomic mass is 32.2. The molecule has 0 unspecified atom stereocenters. The lowest BCUT2D eigenvalue weighted by Crippen LogP contribution is -2.28. The molecule has 0 saturated heterocycles. The Kier molecular flexibility index (Phi) is 6.55. The number of nitrogens with two attached hydrogens (primary N) is 1. The van der Waals surface area contributed by atoms with Crippen LogP contribution in [0.15, 0.2) is 53.5 Å². The molecule has 0 saturated carbocycles. The Hall–Kier alpha value is -2.38. The Morgan fingerprint density at radius 3 is 2.36 bits per heavy atom. The maximum atomic E-state index is 12.0. The highest BCUT2D eigenvalue weighted by molar-refractivity contribution is 7.89. The van der Waals surface area contributed by atoms with Crippen molar-refractivity contribution in [1.29, 1.82) is 0 Å². The molecule has 0 heterocycles. The molecule has 6 nitrogen and oxygen atoms in total. The largest absolute Gasteiger partial charge is 0.370 e. The van der Waals surface area contributed by atoms with Gasteiger partial charge in [0.2, 0.25) is 10.0 Å². The number of sulfonamides is 1. The number of nitrogens with zero attached hydrogens (tertiary/aromatic N) is 1. The highest BCUT2D eigenvalue weighted by Gasteiger charge is 2.09. The number of hydrogen-bond acceptors (Lipinski definition) is 3. The molecule has 0 bridgehead atoms. The van der Waals surface area contributed by atoms with Gasteiger partial charge in [0, 0.05) is 12.2 Å². The number of aryl methyl sites for hydroxylation is 2. The average Bonchev–Trinajstić information content (AvgIpc) is 2.53. The van der Waals surface area contributed by atoms with Crippen molar-refractivity contribution in [1.82, 2.24) is 4.72 Å². The summed E-state index contributed by atoms with van der Waals surface area (Å²) in [5, 5.41) is 2.98. The van der Waals surface area contributed by atoms with E-state index in [1.54, 1.807) is 0 Å². The van der Waals surface area contributed by atoms with Gasteiger partial charge in [-0.1, -0.05) is 36.4 Å². The van der Waals surface area contributed by atoms with Gasteiger partial charge in [0.05, 0.1) is 12.3 Å². The number of hydrogen-bond donors (Lipinski definition) is 3. The van der Waals surface area contributed by atoms with Crippen molar-refractivity contribution in [3.63, 3.8) is 0 Å². The molecule has 4 N–H and O–H groups in total. The third-order valence-corrected chi connectivity index (χ3v) is 4.78. The van der Waals surface area contributed by atoms with Gasteiger partial charge in [-0.15, -0.1) is 0 Å². The van der Waals surface area contributed by atoms with Gasteiger partial charge < -0.3 is 11.1 Å². The first-order valence-electron chi connectivity index (χ1n) is 8.00. The van der Waals surface area contributed by atoms with Crippen LogP contribution < -0.4 is 15.8 Å². The number of aliphatic imine (C=N–C) groups is 1. The molecule has 2 rings (SSSR count). The summed E-state index contributed by atoms with van der Waals surface area (Å²) in [6.45, 7) is 4.35. The fraction of sp³-hybridized carbons (Fsp3) is 0.278. The normalized spacial score (nSPS) is 12.2. The van der Waals surface area contributed by atoms with Crippen LogP contribution in [-0.4, -0.2) is 26.7 Å². The molecule has 134 valence electrons. The molecule has 0 aliphatic heterocycles. The number of guanidine groups is 1. The smallest absolute Gasteiger partial charge is 0.213 e. The summed E-state index contributed by atoms with van der Waals surface area (Å²) in [6.07, 6.45) is 0. The number of benzene rings is 2. The van der Waals surface area contributed by atoms with Gasteiger partial charge in [-0.2, -0.15) is 0 Å². The van der Waals surface area contributed by atoms with E-state index >= 15 is 0 Å². The monoisotopic (exact) mass is 360 g/mol. The van der Waals surface area contributed by atoms with E-state index < -0.39 is 10.0 Å². The minimum absolute atomic E-state index is 0.0910. The van der Waals surface area contributed by atoms with Gasteiger partial charge in [0.15, 0.2) is 5.96 Å². The van der Waals surface area contributed by atoms with Crippen LogP contribution in [0.2, 0.25) is 0 Å². The predicted molar refractivity (Wildman–Crippen MR) is 103 cm³/mol. The van der Waals surface area contributed by atoms with Crippen LogP contribution in [0.5, 0.6) is 0 Å². The zero-order chi connectivity index (χ0) is 18.3. The van der Waals surface area contributed by atoms with E-state index in [-0.39, 0.29) is 24.8 Å². The lowest BCUT2D eigenvalue weighted by atomic mass is 10.1. The second-order valence-electron chi connectivity index (χ2n) is 5.89. The van der Waals surface area contributed by atoms with E-state index in [1.807, 2.05) is 56.3 Å². The van der Waals surface area contributed by atoms with Gasteiger partial charge >= 0.3 is 0 Å². The van der Waals surface area contributed by atoms with Crippen molar-refractivity contribution in [3.8, 4) is 0 Å². The SMILES string of the molecule is Cc1cc(C)cc(NC(N)=NCCS(=O)(=O)NCc2ccccc2)c1. The second kappa shape index (κ2) is 8.64. The van der Waals surface area contributed by atoms with Crippen molar-refractivity contribution < 1.29 is 8.42 Å². The number of anilines is 1. The van der Waals surface area contributed by atoms with E-state index in [9.17, 15) is 8.42 Å². The van der Waals surface area contributed by atoms with Crippen LogP contribution in [0.4, 0.5) is 5.69 Å². The van der Waals surface area contributed by atoms with Crippen LogP contribution >= 0.6 is 0 Å². The second-order valence-corrected chi connectivity index (χ2v) is 7.82. The van der Waals surface area contributed by atoms with E-state index in [0.29, 0.717) is 0 Å². The highest BCUT2D eigenvalue weighted by Crippen LogP contribution is 2.13. The molecule has 0 aromatic heterocycles. The topological polar surface area (TPSA) is 96.6 Å². The average molecular weight is 360 g/mol. The zero-order valence-corrected chi connectivity index (χ0v) is 15.3. The summed E-state index contributed by atoms with van der Waals surface area (Å²) in [4.78, 5) is 4.08. The third-order valence-electron chi connectivity index (χ3n) is 3.48. The maximum Gasteiger partial charge on any atom is 0.213 e. The lowest BCUT2D eigenvalue weighted by Gasteiger charge is -2.08. The van der Waals surface area contributed by atoms with Gasteiger partial charge in [0.25, 0.3) is 0 Å². The van der Waals surface area contributed by atoms with Crippen LogP contribution in [0.3, 0.4) is 0 Å². The predicted octanol–water partition coefficient (Wildman–Crippen LogP) is 2.15. The Morgan fingerprint density at radius 2 is 1.72 bits per heavy atom. The van der Waals surface area contributed by atoms with Gasteiger partial charge in [-0.05, 0) is 42.7 Å². The Bertz CT molecular complexity index is 813. The summed E-state index contributed by atoms with van der Waals surface area (Å²) < 4.78 is 26.5. The molecule has 0 radical (unpaired) electrons. The molecule has 2 aromatic rings. The van der Waals surface area contributed by atoms with Gasteiger partial charge in [0.1, 0.15) is 0 Å². The molecule has 0 fully saturated rings. The van der Waals surface area contributed by atoms with Crippen LogP contribution in [0.25, 0.3) is 0 Å². The Balaban J connectivity index is 1.83. The fourth-order valence-corrected chi connectivity index (χ4v) is 3.24. The fourth-order valence-electron chi connectivity index (χ4n) is 2.38. The quantitative estimate of drug-likeness (QED) is 0.521. The molecule has 0 aliphatic carbocycles. The minimum atomic E-state index is -3.40. The van der Waals surface area contributed by atoms with Crippen molar-refractivity contribution in [3.05, 3.63) is 65.2 Å². The van der Waals surface area contributed by atoms with E-state index in [1.165, 1.54) is 0 Å². The van der Waals surface area contributed by atoms with E-state index in [0.717, 1.165) is 22.4 Å². The van der Waals surface area contributed by atoms with Crippen LogP contribution in [-0.2, 0) is 16.6 Å². The molecule has 2 aromatic carbocycles. The van der Waals surface area contributed by atoms with Crippen molar-refractivity contribution in [2.75, 3.05) is 17.6 Å². The first kappa shape index (κ1) is 19.0. The summed E-state index contributed by atoms with van der Waals surface area (Å²) in [5.41, 5.74) is 9.80.